The zero-order valence-electron chi connectivity index (χ0n) is 16.4. The van der Waals surface area contributed by atoms with Crippen molar-refractivity contribution in [1.29, 1.82) is 0 Å². The smallest absolute Gasteiger partial charge is 0.310 e. The van der Waals surface area contributed by atoms with E-state index in [0.29, 0.717) is 22.9 Å². The van der Waals surface area contributed by atoms with Crippen LogP contribution in [0.3, 0.4) is 0 Å². The highest BCUT2D eigenvalue weighted by Gasteiger charge is 2.18. The molecule has 4 rings (SSSR count). The van der Waals surface area contributed by atoms with Gasteiger partial charge in [-0.2, -0.15) is 10.1 Å². The Labute approximate surface area is 160 Å². The number of aromatic nitrogens is 6. The van der Waals surface area contributed by atoms with Crippen LogP contribution < -0.4 is 16.6 Å². The van der Waals surface area contributed by atoms with E-state index in [-0.39, 0.29) is 5.56 Å². The van der Waals surface area contributed by atoms with Crippen molar-refractivity contribution in [1.82, 2.24) is 28.5 Å². The first kappa shape index (κ1) is 17.8. The summed E-state index contributed by atoms with van der Waals surface area (Å²) < 4.78 is 5.88. The van der Waals surface area contributed by atoms with E-state index >= 15 is 0 Å². The lowest BCUT2D eigenvalue weighted by Crippen LogP contribution is -2.37. The number of imidazole rings is 1. The second-order valence-corrected chi connectivity index (χ2v) is 6.92. The first-order valence-corrected chi connectivity index (χ1v) is 8.81. The van der Waals surface area contributed by atoms with E-state index in [2.05, 4.69) is 15.4 Å². The van der Waals surface area contributed by atoms with Crippen molar-refractivity contribution in [3.05, 3.63) is 62.4 Å². The summed E-state index contributed by atoms with van der Waals surface area (Å²) in [6.45, 7) is 3.94. The molecule has 3 aromatic heterocycles. The minimum absolute atomic E-state index is 0.330. The molecule has 9 heteroatoms. The monoisotopic (exact) mass is 379 g/mol. The third kappa shape index (κ3) is 2.63. The number of hydrogen-bond acceptors (Lipinski definition) is 5. The number of benzene rings is 1. The van der Waals surface area contributed by atoms with Crippen molar-refractivity contribution in [3.63, 3.8) is 0 Å². The lowest BCUT2D eigenvalue weighted by molar-refractivity contribution is 0.705. The van der Waals surface area contributed by atoms with E-state index in [1.807, 2.05) is 44.2 Å². The van der Waals surface area contributed by atoms with Crippen molar-refractivity contribution in [2.75, 3.05) is 5.32 Å². The van der Waals surface area contributed by atoms with Gasteiger partial charge in [-0.15, -0.1) is 0 Å². The maximum absolute atomic E-state index is 12.6. The molecule has 0 radical (unpaired) electrons. The summed E-state index contributed by atoms with van der Waals surface area (Å²) in [7, 11) is 4.80. The quantitative estimate of drug-likeness (QED) is 0.583. The van der Waals surface area contributed by atoms with Gasteiger partial charge in [-0.05, 0) is 26.0 Å². The summed E-state index contributed by atoms with van der Waals surface area (Å²) in [5.41, 5.74) is 2.79. The molecule has 144 valence electrons. The molecule has 0 aliphatic heterocycles. The Balaban J connectivity index is 1.86. The van der Waals surface area contributed by atoms with Gasteiger partial charge in [0, 0.05) is 27.2 Å². The van der Waals surface area contributed by atoms with E-state index in [1.165, 1.54) is 11.6 Å². The number of rotatable bonds is 3. The average molecular weight is 379 g/mol. The molecule has 0 bridgehead atoms. The van der Waals surface area contributed by atoms with Crippen LogP contribution >= 0.6 is 0 Å². The van der Waals surface area contributed by atoms with Gasteiger partial charge in [0.2, 0.25) is 5.95 Å². The molecular weight excluding hydrogens is 358 g/mol. The molecular formula is C19H21N7O2. The van der Waals surface area contributed by atoms with Crippen molar-refractivity contribution >= 4 is 22.9 Å². The predicted octanol–water partition coefficient (Wildman–Crippen LogP) is 1.52. The average Bonchev–Trinajstić information content (AvgIpc) is 3.19. The van der Waals surface area contributed by atoms with Gasteiger partial charge in [0.1, 0.15) is 5.82 Å². The summed E-state index contributed by atoms with van der Waals surface area (Å²) in [5, 5.41) is 7.80. The van der Waals surface area contributed by atoms with Crippen LogP contribution in [0.4, 0.5) is 11.8 Å². The normalized spacial score (nSPS) is 11.3. The molecule has 0 unspecified atom stereocenters. The van der Waals surface area contributed by atoms with Gasteiger partial charge < -0.3 is 9.88 Å². The molecule has 0 aliphatic rings. The maximum atomic E-state index is 12.6. The third-order valence-corrected chi connectivity index (χ3v) is 4.83. The van der Waals surface area contributed by atoms with Crippen LogP contribution in [-0.2, 0) is 21.1 Å². The second-order valence-electron chi connectivity index (χ2n) is 6.92. The van der Waals surface area contributed by atoms with E-state index in [9.17, 15) is 9.59 Å². The summed E-state index contributed by atoms with van der Waals surface area (Å²) in [6, 6.07) is 9.91. The molecule has 3 heterocycles. The van der Waals surface area contributed by atoms with Crippen LogP contribution in [0, 0.1) is 13.8 Å². The zero-order chi connectivity index (χ0) is 20.2. The second kappa shape index (κ2) is 6.22. The zero-order valence-corrected chi connectivity index (χ0v) is 16.4. The fourth-order valence-corrected chi connectivity index (χ4v) is 3.22. The Morgan fingerprint density at radius 3 is 2.29 bits per heavy atom. The Morgan fingerprint density at radius 1 is 0.929 bits per heavy atom. The first-order chi connectivity index (χ1) is 13.3. The van der Waals surface area contributed by atoms with Crippen LogP contribution in [0.15, 0.2) is 39.9 Å². The van der Waals surface area contributed by atoms with Crippen LogP contribution in [0.1, 0.15) is 11.3 Å². The molecule has 0 saturated heterocycles. The SMILES string of the molecule is Cc1ccc(-n2nc(C)cc2Nc2nc3c(c(=O)n(C)c(=O)n3C)n2C)cc1. The molecule has 28 heavy (non-hydrogen) atoms. The van der Waals surface area contributed by atoms with Gasteiger partial charge in [0.25, 0.3) is 5.56 Å². The summed E-state index contributed by atoms with van der Waals surface area (Å²) in [6.07, 6.45) is 0. The Hall–Kier alpha value is -3.62. The van der Waals surface area contributed by atoms with Gasteiger partial charge >= 0.3 is 5.69 Å². The highest BCUT2D eigenvalue weighted by atomic mass is 16.2. The molecule has 0 amide bonds. The van der Waals surface area contributed by atoms with Crippen LogP contribution in [0.5, 0.6) is 0 Å². The number of fused-ring (bicyclic) bond motifs is 1. The van der Waals surface area contributed by atoms with Gasteiger partial charge in [-0.3, -0.25) is 13.9 Å². The Bertz CT molecular complexity index is 1320. The Morgan fingerprint density at radius 2 is 1.61 bits per heavy atom. The number of nitrogens with zero attached hydrogens (tertiary/aromatic N) is 6. The molecule has 1 aromatic carbocycles. The minimum Gasteiger partial charge on any atom is -0.310 e. The highest BCUT2D eigenvalue weighted by Crippen LogP contribution is 2.22. The van der Waals surface area contributed by atoms with Gasteiger partial charge in [0.15, 0.2) is 11.2 Å². The van der Waals surface area contributed by atoms with Gasteiger partial charge in [0.05, 0.1) is 11.4 Å². The fourth-order valence-electron chi connectivity index (χ4n) is 3.22. The largest absolute Gasteiger partial charge is 0.332 e. The molecule has 0 atom stereocenters. The molecule has 4 aromatic rings. The topological polar surface area (TPSA) is 91.7 Å². The molecule has 0 fully saturated rings. The van der Waals surface area contributed by atoms with Crippen LogP contribution in [0.2, 0.25) is 0 Å². The number of anilines is 2. The minimum atomic E-state index is -0.414. The maximum Gasteiger partial charge on any atom is 0.332 e. The van der Waals surface area contributed by atoms with Gasteiger partial charge in [-0.1, -0.05) is 17.7 Å². The number of hydrogen-bond donors (Lipinski definition) is 1. The molecule has 1 N–H and O–H groups in total. The number of aryl methyl sites for hydroxylation is 4. The van der Waals surface area contributed by atoms with E-state index in [1.54, 1.807) is 23.3 Å². The fraction of sp³-hybridized carbons (Fsp3) is 0.263. The van der Waals surface area contributed by atoms with E-state index in [4.69, 9.17) is 0 Å². The van der Waals surface area contributed by atoms with E-state index < -0.39 is 5.69 Å². The molecule has 0 saturated carbocycles. The molecule has 0 aliphatic carbocycles. The molecule has 9 nitrogen and oxygen atoms in total. The Kier molecular flexibility index (Phi) is 3.95. The van der Waals surface area contributed by atoms with Crippen molar-refractivity contribution < 1.29 is 0 Å². The van der Waals surface area contributed by atoms with Gasteiger partial charge in [-0.25, -0.2) is 9.48 Å². The number of nitrogens with one attached hydrogen (secondary N) is 1. The predicted molar refractivity (Wildman–Crippen MR) is 108 cm³/mol. The standard InChI is InChI=1S/C19H21N7O2/c1-11-6-8-13(9-7-11)26-14(10-12(2)22-26)20-18-21-16-15(23(18)3)17(27)25(5)19(28)24(16)4/h6-10H,1-5H3,(H,20,21). The summed E-state index contributed by atoms with van der Waals surface area (Å²) in [5.74, 6) is 1.16. The van der Waals surface area contributed by atoms with Crippen molar-refractivity contribution in [2.24, 2.45) is 21.1 Å². The van der Waals surface area contributed by atoms with Crippen LogP contribution in [-0.4, -0.2) is 28.5 Å². The van der Waals surface area contributed by atoms with Crippen molar-refractivity contribution in [3.8, 4) is 5.69 Å². The lowest BCUT2D eigenvalue weighted by atomic mass is 10.2. The summed E-state index contributed by atoms with van der Waals surface area (Å²) in [4.78, 5) is 29.2. The summed E-state index contributed by atoms with van der Waals surface area (Å²) >= 11 is 0. The lowest BCUT2D eigenvalue weighted by Gasteiger charge is -2.09. The first-order valence-electron chi connectivity index (χ1n) is 8.81. The van der Waals surface area contributed by atoms with E-state index in [0.717, 1.165) is 21.5 Å². The molecule has 0 spiro atoms. The van der Waals surface area contributed by atoms with Crippen LogP contribution in [0.25, 0.3) is 16.9 Å². The highest BCUT2D eigenvalue weighted by molar-refractivity contribution is 5.75. The third-order valence-electron chi connectivity index (χ3n) is 4.83. The van der Waals surface area contributed by atoms with Crippen molar-refractivity contribution in [2.45, 2.75) is 13.8 Å².